The Morgan fingerprint density at radius 2 is 2.40 bits per heavy atom. The van der Waals surface area contributed by atoms with Crippen molar-refractivity contribution in [1.29, 1.82) is 0 Å². The molecule has 0 aliphatic carbocycles. The molecule has 1 rings (SSSR count). The Morgan fingerprint density at radius 1 is 1.67 bits per heavy atom. The molecule has 0 radical (unpaired) electrons. The monoisotopic (exact) mass is 221 g/mol. The molecule has 15 heavy (non-hydrogen) atoms. The second-order valence-corrected chi connectivity index (χ2v) is 3.73. The molecule has 0 saturated heterocycles. The van der Waals surface area contributed by atoms with E-state index in [4.69, 9.17) is 18.0 Å². The molecular weight excluding hydrogens is 210 g/mol. The average Bonchev–Trinajstić information content (AvgIpc) is 2.18. The van der Waals surface area contributed by atoms with Crippen molar-refractivity contribution >= 4 is 17.5 Å². The van der Waals surface area contributed by atoms with E-state index in [0.717, 1.165) is 0 Å². The van der Waals surface area contributed by atoms with Gasteiger partial charge in [0.05, 0.1) is 0 Å². The summed E-state index contributed by atoms with van der Waals surface area (Å²) in [5, 5.41) is 3.33. The summed E-state index contributed by atoms with van der Waals surface area (Å²) in [6.07, 6.45) is 5.67. The van der Waals surface area contributed by atoms with Crippen molar-refractivity contribution in [1.82, 2.24) is 5.32 Å². The molecule has 0 fully saturated rings. The number of nitrogens with one attached hydrogen (secondary N) is 1. The summed E-state index contributed by atoms with van der Waals surface area (Å²) >= 11 is 5.77. The molecule has 0 aliphatic rings. The third-order valence-electron chi connectivity index (χ3n) is 1.89. The lowest BCUT2D eigenvalue weighted by molar-refractivity contribution is 0.0941. The van der Waals surface area contributed by atoms with Crippen LogP contribution in [0, 0.1) is 12.3 Å². The van der Waals surface area contributed by atoms with Crippen LogP contribution in [-0.2, 0) is 0 Å². The molecule has 0 spiro atoms. The van der Waals surface area contributed by atoms with Crippen LogP contribution < -0.4 is 5.32 Å². The standard InChI is InChI=1S/C12H12ClNO/c1-3-5-9(2)14-12(15)10-6-4-7-11(13)8-10/h1,4,6-9H,5H2,2H3,(H,14,15). The molecule has 3 heteroatoms. The van der Waals surface area contributed by atoms with Crippen LogP contribution in [0.25, 0.3) is 0 Å². The van der Waals surface area contributed by atoms with Gasteiger partial charge in [-0.15, -0.1) is 12.3 Å². The topological polar surface area (TPSA) is 29.1 Å². The maximum atomic E-state index is 11.6. The second-order valence-electron chi connectivity index (χ2n) is 3.29. The Hall–Kier alpha value is -1.46. The molecule has 0 heterocycles. The number of benzene rings is 1. The number of amides is 1. The van der Waals surface area contributed by atoms with Gasteiger partial charge in [0.2, 0.25) is 0 Å². The highest BCUT2D eigenvalue weighted by Crippen LogP contribution is 2.10. The number of terminal acetylenes is 1. The zero-order valence-corrected chi connectivity index (χ0v) is 9.21. The van der Waals surface area contributed by atoms with Crippen molar-refractivity contribution in [3.63, 3.8) is 0 Å². The first-order valence-electron chi connectivity index (χ1n) is 4.63. The van der Waals surface area contributed by atoms with E-state index in [1.54, 1.807) is 24.3 Å². The quantitative estimate of drug-likeness (QED) is 0.781. The Kier molecular flexibility index (Phi) is 4.20. The molecule has 78 valence electrons. The number of carbonyl (C=O) groups is 1. The third kappa shape index (κ3) is 3.65. The van der Waals surface area contributed by atoms with E-state index in [1.807, 2.05) is 6.92 Å². The molecule has 1 N–H and O–H groups in total. The fourth-order valence-electron chi connectivity index (χ4n) is 1.16. The fraction of sp³-hybridized carbons (Fsp3) is 0.250. The van der Waals surface area contributed by atoms with Crippen molar-refractivity contribution in [2.24, 2.45) is 0 Å². The number of rotatable bonds is 3. The summed E-state index contributed by atoms with van der Waals surface area (Å²) in [5.74, 6) is 2.34. The molecule has 0 saturated carbocycles. The van der Waals surface area contributed by atoms with Crippen LogP contribution in [0.15, 0.2) is 24.3 Å². The summed E-state index contributed by atoms with van der Waals surface area (Å²) in [6, 6.07) is 6.77. The van der Waals surface area contributed by atoms with Gasteiger partial charge in [-0.25, -0.2) is 0 Å². The van der Waals surface area contributed by atoms with Crippen LogP contribution in [0.1, 0.15) is 23.7 Å². The van der Waals surface area contributed by atoms with Gasteiger partial charge in [-0.1, -0.05) is 17.7 Å². The highest BCUT2D eigenvalue weighted by Gasteiger charge is 2.08. The lowest BCUT2D eigenvalue weighted by Gasteiger charge is -2.10. The van der Waals surface area contributed by atoms with Gasteiger partial charge in [-0.05, 0) is 25.1 Å². The number of hydrogen-bond donors (Lipinski definition) is 1. The second kappa shape index (κ2) is 5.43. The van der Waals surface area contributed by atoms with Gasteiger partial charge >= 0.3 is 0 Å². The van der Waals surface area contributed by atoms with Gasteiger partial charge in [-0.3, -0.25) is 4.79 Å². The predicted octanol–water partition coefficient (Wildman–Crippen LogP) is 2.48. The minimum atomic E-state index is -0.153. The number of hydrogen-bond acceptors (Lipinski definition) is 1. The van der Waals surface area contributed by atoms with E-state index in [2.05, 4.69) is 11.2 Å². The molecule has 0 aliphatic heterocycles. The maximum Gasteiger partial charge on any atom is 0.251 e. The van der Waals surface area contributed by atoms with Gasteiger partial charge in [0, 0.05) is 23.0 Å². The van der Waals surface area contributed by atoms with Crippen molar-refractivity contribution in [3.8, 4) is 12.3 Å². The molecule has 0 bridgehead atoms. The SMILES string of the molecule is C#CCC(C)NC(=O)c1cccc(Cl)c1. The van der Waals surface area contributed by atoms with Crippen molar-refractivity contribution in [3.05, 3.63) is 34.9 Å². The van der Waals surface area contributed by atoms with E-state index < -0.39 is 0 Å². The van der Waals surface area contributed by atoms with Crippen LogP contribution in [0.2, 0.25) is 5.02 Å². The Morgan fingerprint density at radius 3 is 3.00 bits per heavy atom. The highest BCUT2D eigenvalue weighted by molar-refractivity contribution is 6.30. The first kappa shape index (κ1) is 11.6. The fourth-order valence-corrected chi connectivity index (χ4v) is 1.35. The Balaban J connectivity index is 2.66. The van der Waals surface area contributed by atoms with Crippen molar-refractivity contribution in [2.45, 2.75) is 19.4 Å². The summed E-state index contributed by atoms with van der Waals surface area (Å²) in [6.45, 7) is 1.86. The number of carbonyl (C=O) groups excluding carboxylic acids is 1. The van der Waals surface area contributed by atoms with Gasteiger partial charge in [0.15, 0.2) is 0 Å². The molecule has 1 aromatic carbocycles. The summed E-state index contributed by atoms with van der Waals surface area (Å²) in [7, 11) is 0. The van der Waals surface area contributed by atoms with E-state index in [-0.39, 0.29) is 11.9 Å². The van der Waals surface area contributed by atoms with Gasteiger partial charge in [0.1, 0.15) is 0 Å². The van der Waals surface area contributed by atoms with E-state index in [1.165, 1.54) is 0 Å². The molecule has 1 unspecified atom stereocenters. The predicted molar refractivity (Wildman–Crippen MR) is 61.8 cm³/mol. The molecule has 2 nitrogen and oxygen atoms in total. The Labute approximate surface area is 94.6 Å². The van der Waals surface area contributed by atoms with Gasteiger partial charge in [-0.2, -0.15) is 0 Å². The first-order valence-corrected chi connectivity index (χ1v) is 5.01. The minimum Gasteiger partial charge on any atom is -0.349 e. The van der Waals surface area contributed by atoms with E-state index in [9.17, 15) is 4.79 Å². The summed E-state index contributed by atoms with van der Waals surface area (Å²) in [5.41, 5.74) is 0.548. The zero-order valence-electron chi connectivity index (χ0n) is 8.46. The molecule has 1 aromatic rings. The molecule has 1 amide bonds. The van der Waals surface area contributed by atoms with E-state index in [0.29, 0.717) is 17.0 Å². The smallest absolute Gasteiger partial charge is 0.251 e. The third-order valence-corrected chi connectivity index (χ3v) is 2.12. The number of halogens is 1. The van der Waals surface area contributed by atoms with Gasteiger partial charge < -0.3 is 5.32 Å². The zero-order chi connectivity index (χ0) is 11.3. The maximum absolute atomic E-state index is 11.6. The van der Waals surface area contributed by atoms with Crippen LogP contribution in [-0.4, -0.2) is 11.9 Å². The van der Waals surface area contributed by atoms with E-state index >= 15 is 0 Å². The van der Waals surface area contributed by atoms with Crippen molar-refractivity contribution in [2.75, 3.05) is 0 Å². The van der Waals surface area contributed by atoms with Crippen LogP contribution in [0.4, 0.5) is 0 Å². The largest absolute Gasteiger partial charge is 0.349 e. The summed E-state index contributed by atoms with van der Waals surface area (Å²) in [4.78, 5) is 11.6. The molecule has 1 atom stereocenters. The molecule has 0 aromatic heterocycles. The average molecular weight is 222 g/mol. The minimum absolute atomic E-state index is 0.0264. The molecular formula is C12H12ClNO. The summed E-state index contributed by atoms with van der Waals surface area (Å²) < 4.78 is 0. The van der Waals surface area contributed by atoms with Crippen LogP contribution in [0.3, 0.4) is 0 Å². The lowest BCUT2D eigenvalue weighted by atomic mass is 10.2. The lowest BCUT2D eigenvalue weighted by Crippen LogP contribution is -2.32. The highest BCUT2D eigenvalue weighted by atomic mass is 35.5. The normalized spacial score (nSPS) is 11.5. The van der Waals surface area contributed by atoms with Crippen LogP contribution in [0.5, 0.6) is 0 Å². The van der Waals surface area contributed by atoms with Crippen LogP contribution >= 0.6 is 11.6 Å². The Bertz CT molecular complexity index is 395. The first-order chi connectivity index (χ1) is 7.13. The van der Waals surface area contributed by atoms with Crippen molar-refractivity contribution < 1.29 is 4.79 Å². The van der Waals surface area contributed by atoms with Gasteiger partial charge in [0.25, 0.3) is 5.91 Å².